The predicted octanol–water partition coefficient (Wildman–Crippen LogP) is 2.43. The molecular weight excluding hydrogens is 332 g/mol. The van der Waals surface area contributed by atoms with Gasteiger partial charge in [0.05, 0.1) is 12.9 Å². The normalized spacial score (nSPS) is 10.3. The lowest BCUT2D eigenvalue weighted by molar-refractivity contribution is -0.118. The topological polar surface area (TPSA) is 76.1 Å². The quantitative estimate of drug-likeness (QED) is 0.675. The summed E-state index contributed by atoms with van der Waals surface area (Å²) in [6.07, 6.45) is 0.740. The maximum Gasteiger partial charge on any atom is 0.230 e. The molecule has 1 amide bonds. The van der Waals surface area contributed by atoms with Gasteiger partial charge in [0.15, 0.2) is 4.34 Å². The number of hydrogen-bond donors (Lipinski definition) is 2. The van der Waals surface area contributed by atoms with Gasteiger partial charge in [0.1, 0.15) is 5.75 Å². The fourth-order valence-corrected chi connectivity index (χ4v) is 3.56. The predicted molar refractivity (Wildman–Crippen MR) is 94.5 cm³/mol. The summed E-state index contributed by atoms with van der Waals surface area (Å²) in [6, 6.07) is 7.82. The van der Waals surface area contributed by atoms with Gasteiger partial charge in [-0.25, -0.2) is 0 Å². The van der Waals surface area contributed by atoms with Gasteiger partial charge in [0.2, 0.25) is 11.0 Å². The maximum atomic E-state index is 11.9. The minimum atomic E-state index is -0.00917. The van der Waals surface area contributed by atoms with E-state index in [9.17, 15) is 4.79 Å². The number of anilines is 1. The molecule has 0 saturated heterocycles. The van der Waals surface area contributed by atoms with E-state index < -0.39 is 0 Å². The molecular formula is C15H20N4O2S2. The van der Waals surface area contributed by atoms with Gasteiger partial charge in [-0.3, -0.25) is 4.79 Å². The highest BCUT2D eigenvalue weighted by Gasteiger charge is 2.08. The number of carbonyl (C=O) groups is 1. The van der Waals surface area contributed by atoms with Gasteiger partial charge >= 0.3 is 0 Å². The summed E-state index contributed by atoms with van der Waals surface area (Å²) in [7, 11) is 1.65. The minimum Gasteiger partial charge on any atom is -0.496 e. The van der Waals surface area contributed by atoms with E-state index in [2.05, 4.69) is 20.8 Å². The highest BCUT2D eigenvalue weighted by molar-refractivity contribution is 8.01. The summed E-state index contributed by atoms with van der Waals surface area (Å²) in [5, 5.41) is 14.8. The second-order valence-electron chi connectivity index (χ2n) is 4.60. The molecule has 2 aromatic rings. The van der Waals surface area contributed by atoms with E-state index in [0.717, 1.165) is 33.7 Å². The summed E-state index contributed by atoms with van der Waals surface area (Å²) < 4.78 is 6.09. The molecule has 0 radical (unpaired) electrons. The summed E-state index contributed by atoms with van der Waals surface area (Å²) in [5.41, 5.74) is 1.09. The van der Waals surface area contributed by atoms with Crippen molar-refractivity contribution in [2.24, 2.45) is 0 Å². The number of para-hydroxylation sites is 1. The van der Waals surface area contributed by atoms with Gasteiger partial charge in [-0.2, -0.15) is 0 Å². The van der Waals surface area contributed by atoms with Crippen molar-refractivity contribution in [3.05, 3.63) is 29.8 Å². The van der Waals surface area contributed by atoms with Gasteiger partial charge in [-0.1, -0.05) is 41.3 Å². The smallest absolute Gasteiger partial charge is 0.230 e. The van der Waals surface area contributed by atoms with Crippen molar-refractivity contribution in [1.29, 1.82) is 0 Å². The number of aromatic nitrogens is 2. The highest BCUT2D eigenvalue weighted by Crippen LogP contribution is 2.25. The molecule has 0 unspecified atom stereocenters. The molecule has 1 aromatic heterocycles. The Morgan fingerprint density at radius 2 is 2.17 bits per heavy atom. The molecule has 1 aromatic carbocycles. The third kappa shape index (κ3) is 5.72. The van der Waals surface area contributed by atoms with Gasteiger partial charge in [-0.15, -0.1) is 10.2 Å². The van der Waals surface area contributed by atoms with Gasteiger partial charge in [0, 0.05) is 13.1 Å². The van der Waals surface area contributed by atoms with Crippen LogP contribution in [0, 0.1) is 0 Å². The fraction of sp³-hybridized carbons (Fsp3) is 0.400. The molecule has 0 aliphatic heterocycles. The molecule has 0 aliphatic rings. The first-order valence-corrected chi connectivity index (χ1v) is 9.12. The molecule has 0 bridgehead atoms. The molecule has 23 heavy (non-hydrogen) atoms. The van der Waals surface area contributed by atoms with E-state index in [1.54, 1.807) is 7.11 Å². The lowest BCUT2D eigenvalue weighted by Crippen LogP contribution is -2.27. The van der Waals surface area contributed by atoms with Crippen LogP contribution in [0.4, 0.5) is 5.13 Å². The number of rotatable bonds is 9. The Kier molecular flexibility index (Phi) is 7.15. The van der Waals surface area contributed by atoms with Crippen molar-refractivity contribution in [3.63, 3.8) is 0 Å². The van der Waals surface area contributed by atoms with Gasteiger partial charge in [0.25, 0.3) is 0 Å². The van der Waals surface area contributed by atoms with Crippen LogP contribution >= 0.6 is 23.1 Å². The third-order valence-electron chi connectivity index (χ3n) is 2.97. The molecule has 0 saturated carbocycles. The third-order valence-corrected chi connectivity index (χ3v) is 4.98. The summed E-state index contributed by atoms with van der Waals surface area (Å²) >= 11 is 2.86. The van der Waals surface area contributed by atoms with Crippen molar-refractivity contribution < 1.29 is 9.53 Å². The lowest BCUT2D eigenvalue weighted by Gasteiger charge is -2.08. The molecule has 6 nitrogen and oxygen atoms in total. The monoisotopic (exact) mass is 352 g/mol. The molecule has 0 atom stereocenters. The van der Waals surface area contributed by atoms with Crippen molar-refractivity contribution in [1.82, 2.24) is 15.5 Å². The van der Waals surface area contributed by atoms with E-state index in [4.69, 9.17) is 4.74 Å². The van der Waals surface area contributed by atoms with E-state index >= 15 is 0 Å². The number of hydrogen-bond acceptors (Lipinski definition) is 7. The Morgan fingerprint density at radius 1 is 1.35 bits per heavy atom. The van der Waals surface area contributed by atoms with Crippen LogP contribution in [0.25, 0.3) is 0 Å². The number of benzene rings is 1. The first-order valence-electron chi connectivity index (χ1n) is 7.31. The Morgan fingerprint density at radius 3 is 2.96 bits per heavy atom. The van der Waals surface area contributed by atoms with Crippen LogP contribution in [0.3, 0.4) is 0 Å². The average molecular weight is 352 g/mol. The van der Waals surface area contributed by atoms with Crippen molar-refractivity contribution >= 4 is 34.1 Å². The lowest BCUT2D eigenvalue weighted by atomic mass is 10.1. The molecule has 0 spiro atoms. The standard InChI is InChI=1S/C15H20N4O2S2/c1-3-16-14-18-19-15(23-14)22-10-13(20)17-9-8-11-6-4-5-7-12(11)21-2/h4-7H,3,8-10H2,1-2H3,(H,16,18)(H,17,20). The van der Waals surface area contributed by atoms with Crippen molar-refractivity contribution in [2.75, 3.05) is 31.3 Å². The molecule has 8 heteroatoms. The van der Waals surface area contributed by atoms with Gasteiger partial charge < -0.3 is 15.4 Å². The number of thioether (sulfide) groups is 1. The zero-order valence-corrected chi connectivity index (χ0v) is 14.8. The van der Waals surface area contributed by atoms with E-state index in [1.165, 1.54) is 23.1 Å². The summed E-state index contributed by atoms with van der Waals surface area (Å²) in [5.74, 6) is 1.18. The van der Waals surface area contributed by atoms with E-state index in [-0.39, 0.29) is 5.91 Å². The van der Waals surface area contributed by atoms with Gasteiger partial charge in [-0.05, 0) is 25.0 Å². The number of nitrogens with zero attached hydrogens (tertiary/aromatic N) is 2. The second-order valence-corrected chi connectivity index (χ2v) is 6.80. The molecule has 2 rings (SSSR count). The second kappa shape index (κ2) is 9.36. The van der Waals surface area contributed by atoms with E-state index in [0.29, 0.717) is 12.3 Å². The van der Waals surface area contributed by atoms with Crippen LogP contribution in [0.5, 0.6) is 5.75 Å². The summed E-state index contributed by atoms with van der Waals surface area (Å²) in [4.78, 5) is 11.9. The number of carbonyl (C=O) groups excluding carboxylic acids is 1. The summed E-state index contributed by atoms with van der Waals surface area (Å²) in [6.45, 7) is 3.39. The Hall–Kier alpha value is -1.80. The zero-order valence-electron chi connectivity index (χ0n) is 13.2. The zero-order chi connectivity index (χ0) is 16.5. The molecule has 2 N–H and O–H groups in total. The number of methoxy groups -OCH3 is 1. The Bertz CT molecular complexity index is 633. The number of nitrogens with one attached hydrogen (secondary N) is 2. The number of amides is 1. The minimum absolute atomic E-state index is 0.00917. The first kappa shape index (κ1) is 17.6. The van der Waals surface area contributed by atoms with Crippen LogP contribution in [-0.2, 0) is 11.2 Å². The SMILES string of the molecule is CCNc1nnc(SCC(=O)NCCc2ccccc2OC)s1. The highest BCUT2D eigenvalue weighted by atomic mass is 32.2. The van der Waals surface area contributed by atoms with Crippen LogP contribution in [0.15, 0.2) is 28.6 Å². The van der Waals surface area contributed by atoms with Crippen LogP contribution in [-0.4, -0.2) is 42.1 Å². The molecule has 1 heterocycles. The largest absolute Gasteiger partial charge is 0.496 e. The van der Waals surface area contributed by atoms with Crippen molar-refractivity contribution in [2.45, 2.75) is 17.7 Å². The van der Waals surface area contributed by atoms with Crippen molar-refractivity contribution in [3.8, 4) is 5.75 Å². The Balaban J connectivity index is 1.70. The van der Waals surface area contributed by atoms with Crippen LogP contribution in [0.1, 0.15) is 12.5 Å². The maximum absolute atomic E-state index is 11.9. The van der Waals surface area contributed by atoms with Crippen LogP contribution < -0.4 is 15.4 Å². The molecule has 0 aliphatic carbocycles. The van der Waals surface area contributed by atoms with E-state index in [1.807, 2.05) is 31.2 Å². The average Bonchev–Trinajstić information content (AvgIpc) is 3.01. The Labute approximate surface area is 144 Å². The molecule has 0 fully saturated rings. The number of ether oxygens (including phenoxy) is 1. The molecule has 124 valence electrons. The fourth-order valence-electron chi connectivity index (χ4n) is 1.92. The van der Waals surface area contributed by atoms with Crippen LogP contribution in [0.2, 0.25) is 0 Å². The first-order chi connectivity index (χ1) is 11.2.